The fraction of sp³-hybridized carbons (Fsp3) is 0.500. The van der Waals surface area contributed by atoms with Crippen molar-refractivity contribution >= 4 is 11.0 Å². The summed E-state index contributed by atoms with van der Waals surface area (Å²) in [6, 6.07) is 4.20. The van der Waals surface area contributed by atoms with Crippen molar-refractivity contribution in [2.45, 2.75) is 32.6 Å². The lowest BCUT2D eigenvalue weighted by molar-refractivity contribution is 0.492. The summed E-state index contributed by atoms with van der Waals surface area (Å²) in [5.41, 5.74) is 3.36. The Labute approximate surface area is 90.1 Å². The van der Waals surface area contributed by atoms with Crippen LogP contribution < -0.4 is 0 Å². The quantitative estimate of drug-likeness (QED) is 0.751. The highest BCUT2D eigenvalue weighted by atomic mass is 15.3. The molecule has 0 aliphatic rings. The Morgan fingerprint density at radius 1 is 1.33 bits per heavy atom. The minimum absolute atomic E-state index is 0.143. The Bertz CT molecular complexity index is 483. The lowest BCUT2D eigenvalue weighted by atomic mass is 9.86. The van der Waals surface area contributed by atoms with E-state index in [0.29, 0.717) is 0 Å². The van der Waals surface area contributed by atoms with E-state index < -0.39 is 0 Å². The summed E-state index contributed by atoms with van der Waals surface area (Å²) in [6.07, 6.45) is 2.91. The Kier molecular flexibility index (Phi) is 2.25. The molecule has 15 heavy (non-hydrogen) atoms. The van der Waals surface area contributed by atoms with E-state index in [9.17, 15) is 0 Å². The SMILES string of the molecule is CCC(C)(C)c1ccc2c(cnn2C)n1. The van der Waals surface area contributed by atoms with Crippen molar-refractivity contribution in [2.75, 3.05) is 0 Å². The molecule has 0 radical (unpaired) electrons. The number of aryl methyl sites for hydroxylation is 1. The summed E-state index contributed by atoms with van der Waals surface area (Å²) in [6.45, 7) is 6.63. The molecular formula is C12H17N3. The van der Waals surface area contributed by atoms with E-state index in [1.807, 2.05) is 17.9 Å². The lowest BCUT2D eigenvalue weighted by Crippen LogP contribution is -2.17. The predicted molar refractivity (Wildman–Crippen MR) is 61.8 cm³/mol. The van der Waals surface area contributed by atoms with Gasteiger partial charge in [0.05, 0.1) is 11.7 Å². The third kappa shape index (κ3) is 1.62. The predicted octanol–water partition coefficient (Wildman–Crippen LogP) is 2.66. The molecule has 0 amide bonds. The van der Waals surface area contributed by atoms with Crippen molar-refractivity contribution in [3.63, 3.8) is 0 Å². The van der Waals surface area contributed by atoms with Crippen molar-refractivity contribution in [3.8, 4) is 0 Å². The van der Waals surface area contributed by atoms with Gasteiger partial charge in [-0.2, -0.15) is 5.10 Å². The normalized spacial score (nSPS) is 12.3. The van der Waals surface area contributed by atoms with Crippen molar-refractivity contribution < 1.29 is 0 Å². The maximum atomic E-state index is 4.66. The summed E-state index contributed by atoms with van der Waals surface area (Å²) in [7, 11) is 1.94. The maximum absolute atomic E-state index is 4.66. The summed E-state index contributed by atoms with van der Waals surface area (Å²) in [5.74, 6) is 0. The van der Waals surface area contributed by atoms with E-state index in [1.54, 1.807) is 0 Å². The van der Waals surface area contributed by atoms with Gasteiger partial charge in [-0.3, -0.25) is 4.68 Å². The smallest absolute Gasteiger partial charge is 0.109 e. The van der Waals surface area contributed by atoms with Gasteiger partial charge in [0.25, 0.3) is 0 Å². The zero-order valence-corrected chi connectivity index (χ0v) is 9.78. The second-order valence-corrected chi connectivity index (χ2v) is 4.61. The van der Waals surface area contributed by atoms with Crippen molar-refractivity contribution in [2.24, 2.45) is 7.05 Å². The Hall–Kier alpha value is -1.38. The molecule has 3 nitrogen and oxygen atoms in total. The molecule has 2 rings (SSSR count). The monoisotopic (exact) mass is 203 g/mol. The van der Waals surface area contributed by atoms with Crippen LogP contribution in [0.15, 0.2) is 18.3 Å². The van der Waals surface area contributed by atoms with Crippen LogP contribution in [0, 0.1) is 0 Å². The molecule has 2 aromatic heterocycles. The molecule has 0 fully saturated rings. The maximum Gasteiger partial charge on any atom is 0.109 e. The van der Waals surface area contributed by atoms with Crippen LogP contribution in [0.25, 0.3) is 11.0 Å². The zero-order valence-electron chi connectivity index (χ0n) is 9.78. The van der Waals surface area contributed by atoms with Crippen LogP contribution in [0.1, 0.15) is 32.9 Å². The summed E-state index contributed by atoms with van der Waals surface area (Å²) in [4.78, 5) is 4.66. The fourth-order valence-corrected chi connectivity index (χ4v) is 1.60. The van der Waals surface area contributed by atoms with E-state index in [1.165, 1.54) is 0 Å². The van der Waals surface area contributed by atoms with Gasteiger partial charge in [-0.15, -0.1) is 0 Å². The molecule has 0 aromatic carbocycles. The van der Waals surface area contributed by atoms with Gasteiger partial charge in [0, 0.05) is 18.2 Å². The third-order valence-electron chi connectivity index (χ3n) is 3.18. The number of pyridine rings is 1. The number of rotatable bonds is 2. The lowest BCUT2D eigenvalue weighted by Gasteiger charge is -2.21. The van der Waals surface area contributed by atoms with Gasteiger partial charge in [0.1, 0.15) is 5.52 Å². The van der Waals surface area contributed by atoms with Crippen LogP contribution >= 0.6 is 0 Å². The standard InChI is InChI=1S/C12H17N3/c1-5-12(2,3)11-7-6-10-9(14-11)8-13-15(10)4/h6-8H,5H2,1-4H3. The molecule has 3 heteroatoms. The van der Waals surface area contributed by atoms with Crippen molar-refractivity contribution in [3.05, 3.63) is 24.0 Å². The molecule has 0 N–H and O–H groups in total. The van der Waals surface area contributed by atoms with Crippen LogP contribution in [-0.4, -0.2) is 14.8 Å². The molecule has 0 aliphatic heterocycles. The van der Waals surface area contributed by atoms with E-state index in [2.05, 4.69) is 43.0 Å². The second kappa shape index (κ2) is 3.33. The van der Waals surface area contributed by atoms with Crippen molar-refractivity contribution in [1.29, 1.82) is 0 Å². The van der Waals surface area contributed by atoms with Gasteiger partial charge in [0.15, 0.2) is 0 Å². The molecule has 0 aliphatic carbocycles. The summed E-state index contributed by atoms with van der Waals surface area (Å²) >= 11 is 0. The highest BCUT2D eigenvalue weighted by Gasteiger charge is 2.20. The topological polar surface area (TPSA) is 30.7 Å². The molecule has 0 saturated carbocycles. The van der Waals surface area contributed by atoms with Crippen LogP contribution in [0.3, 0.4) is 0 Å². The van der Waals surface area contributed by atoms with Gasteiger partial charge in [-0.1, -0.05) is 20.8 Å². The first kappa shape index (κ1) is 10.1. The van der Waals surface area contributed by atoms with E-state index in [4.69, 9.17) is 0 Å². The third-order valence-corrected chi connectivity index (χ3v) is 3.18. The molecule has 0 saturated heterocycles. The molecule has 0 atom stereocenters. The molecule has 2 heterocycles. The number of fused-ring (bicyclic) bond motifs is 1. The Morgan fingerprint density at radius 2 is 2.07 bits per heavy atom. The summed E-state index contributed by atoms with van der Waals surface area (Å²) in [5, 5.41) is 4.20. The molecule has 80 valence electrons. The van der Waals surface area contributed by atoms with Gasteiger partial charge >= 0.3 is 0 Å². The number of hydrogen-bond donors (Lipinski definition) is 0. The van der Waals surface area contributed by atoms with Gasteiger partial charge in [0.2, 0.25) is 0 Å². The first-order valence-electron chi connectivity index (χ1n) is 5.34. The van der Waals surface area contributed by atoms with Gasteiger partial charge in [-0.05, 0) is 18.6 Å². The average Bonchev–Trinajstić information content (AvgIpc) is 2.60. The molecule has 2 aromatic rings. The van der Waals surface area contributed by atoms with Crippen LogP contribution in [0.2, 0.25) is 0 Å². The first-order valence-corrected chi connectivity index (χ1v) is 5.34. The highest BCUT2D eigenvalue weighted by molar-refractivity contribution is 5.74. The van der Waals surface area contributed by atoms with Crippen LogP contribution in [0.5, 0.6) is 0 Å². The second-order valence-electron chi connectivity index (χ2n) is 4.61. The molecule has 0 spiro atoms. The Balaban J connectivity index is 2.57. The van der Waals surface area contributed by atoms with E-state index in [-0.39, 0.29) is 5.41 Å². The van der Waals surface area contributed by atoms with Crippen molar-refractivity contribution in [1.82, 2.24) is 14.8 Å². The minimum Gasteiger partial charge on any atom is -0.266 e. The summed E-state index contributed by atoms with van der Waals surface area (Å²) < 4.78 is 1.85. The number of hydrogen-bond acceptors (Lipinski definition) is 2. The fourth-order valence-electron chi connectivity index (χ4n) is 1.60. The Morgan fingerprint density at radius 3 is 2.73 bits per heavy atom. The number of nitrogens with zero attached hydrogens (tertiary/aromatic N) is 3. The average molecular weight is 203 g/mol. The van der Waals surface area contributed by atoms with E-state index in [0.717, 1.165) is 23.1 Å². The highest BCUT2D eigenvalue weighted by Crippen LogP contribution is 2.26. The van der Waals surface area contributed by atoms with E-state index >= 15 is 0 Å². The van der Waals surface area contributed by atoms with Gasteiger partial charge < -0.3 is 0 Å². The van der Waals surface area contributed by atoms with Crippen LogP contribution in [0.4, 0.5) is 0 Å². The minimum atomic E-state index is 0.143. The molecule has 0 bridgehead atoms. The van der Waals surface area contributed by atoms with Crippen LogP contribution in [-0.2, 0) is 12.5 Å². The zero-order chi connectivity index (χ0) is 11.1. The molecular weight excluding hydrogens is 186 g/mol. The number of aromatic nitrogens is 3. The first-order chi connectivity index (χ1) is 7.04. The molecule has 0 unspecified atom stereocenters. The largest absolute Gasteiger partial charge is 0.266 e. The van der Waals surface area contributed by atoms with Gasteiger partial charge in [-0.25, -0.2) is 4.98 Å².